The maximum atomic E-state index is 12.0. The number of nitrogens with zero attached hydrogens (tertiary/aromatic N) is 1. The summed E-state index contributed by atoms with van der Waals surface area (Å²) in [6.07, 6.45) is 4.52. The Kier molecular flexibility index (Phi) is 4.92. The number of sulfone groups is 1. The molecule has 0 aliphatic heterocycles. The minimum Gasteiger partial charge on any atom is -0.495 e. The summed E-state index contributed by atoms with van der Waals surface area (Å²) in [5, 5.41) is 3.22. The van der Waals surface area contributed by atoms with E-state index in [1.54, 1.807) is 33.4 Å². The van der Waals surface area contributed by atoms with Gasteiger partial charge in [-0.1, -0.05) is 6.92 Å². The lowest BCUT2D eigenvalue weighted by atomic mass is 9.96. The Bertz CT molecular complexity index is 526. The maximum Gasteiger partial charge on any atom is 0.154 e. The fourth-order valence-electron chi connectivity index (χ4n) is 1.89. The second-order valence-electron chi connectivity index (χ2n) is 5.02. The van der Waals surface area contributed by atoms with E-state index in [9.17, 15) is 8.42 Å². The van der Waals surface area contributed by atoms with Crippen LogP contribution in [0.25, 0.3) is 0 Å². The third-order valence-corrected chi connectivity index (χ3v) is 5.51. The van der Waals surface area contributed by atoms with Gasteiger partial charge >= 0.3 is 0 Å². The van der Waals surface area contributed by atoms with E-state index in [1.807, 2.05) is 13.0 Å². The normalized spacial score (nSPS) is 14.2. The molecule has 1 N–H and O–H groups in total. The van der Waals surface area contributed by atoms with E-state index < -0.39 is 14.6 Å². The smallest absolute Gasteiger partial charge is 0.154 e. The van der Waals surface area contributed by atoms with Crippen molar-refractivity contribution in [3.05, 3.63) is 24.0 Å². The van der Waals surface area contributed by atoms with Crippen LogP contribution in [-0.2, 0) is 9.84 Å². The highest BCUT2D eigenvalue weighted by Crippen LogP contribution is 2.33. The Morgan fingerprint density at radius 1 is 1.42 bits per heavy atom. The average molecular weight is 286 g/mol. The zero-order valence-electron chi connectivity index (χ0n) is 12.1. The van der Waals surface area contributed by atoms with Crippen molar-refractivity contribution in [1.82, 2.24) is 10.3 Å². The number of rotatable bonds is 6. The highest BCUT2D eigenvalue weighted by Gasteiger charge is 2.39. The summed E-state index contributed by atoms with van der Waals surface area (Å²) in [7, 11) is -1.66. The first-order chi connectivity index (χ1) is 8.74. The van der Waals surface area contributed by atoms with Gasteiger partial charge in [0.15, 0.2) is 9.84 Å². The minimum atomic E-state index is -3.22. The van der Waals surface area contributed by atoms with Gasteiger partial charge in [-0.2, -0.15) is 0 Å². The predicted octanol–water partition coefficient (Wildman–Crippen LogP) is 1.56. The lowest BCUT2D eigenvalue weighted by molar-refractivity contribution is 0.403. The maximum absolute atomic E-state index is 12.0. The highest BCUT2D eigenvalue weighted by molar-refractivity contribution is 7.92. The SMILES string of the molecule is CCNC(c1cncc(OC)c1)C(C)(C)S(C)(=O)=O. The molecule has 1 atom stereocenters. The molecule has 1 rings (SSSR count). The van der Waals surface area contributed by atoms with Crippen LogP contribution in [-0.4, -0.2) is 38.1 Å². The topological polar surface area (TPSA) is 68.3 Å². The number of nitrogens with one attached hydrogen (secondary N) is 1. The van der Waals surface area contributed by atoms with Gasteiger partial charge in [-0.05, 0) is 32.0 Å². The number of ether oxygens (including phenoxy) is 1. The van der Waals surface area contributed by atoms with Gasteiger partial charge < -0.3 is 10.1 Å². The van der Waals surface area contributed by atoms with Crippen molar-refractivity contribution in [2.75, 3.05) is 19.9 Å². The van der Waals surface area contributed by atoms with Crippen LogP contribution in [0.2, 0.25) is 0 Å². The number of pyridine rings is 1. The Morgan fingerprint density at radius 3 is 2.53 bits per heavy atom. The zero-order valence-corrected chi connectivity index (χ0v) is 12.9. The minimum absolute atomic E-state index is 0.338. The van der Waals surface area contributed by atoms with E-state index in [0.29, 0.717) is 12.3 Å². The van der Waals surface area contributed by atoms with Crippen molar-refractivity contribution in [3.8, 4) is 5.75 Å². The number of methoxy groups -OCH3 is 1. The van der Waals surface area contributed by atoms with Gasteiger partial charge in [-0.15, -0.1) is 0 Å². The van der Waals surface area contributed by atoms with Gasteiger partial charge in [0.1, 0.15) is 5.75 Å². The molecule has 0 saturated heterocycles. The highest BCUT2D eigenvalue weighted by atomic mass is 32.2. The van der Waals surface area contributed by atoms with Crippen molar-refractivity contribution in [2.45, 2.75) is 31.6 Å². The first-order valence-electron chi connectivity index (χ1n) is 6.16. The van der Waals surface area contributed by atoms with Crippen molar-refractivity contribution < 1.29 is 13.2 Å². The number of hydrogen-bond donors (Lipinski definition) is 1. The van der Waals surface area contributed by atoms with Crippen LogP contribution in [0, 0.1) is 0 Å². The van der Waals surface area contributed by atoms with Crippen LogP contribution < -0.4 is 10.1 Å². The van der Waals surface area contributed by atoms with Crippen LogP contribution >= 0.6 is 0 Å². The molecule has 0 saturated carbocycles. The van der Waals surface area contributed by atoms with E-state index in [-0.39, 0.29) is 6.04 Å². The average Bonchev–Trinajstić information content (AvgIpc) is 2.34. The molecule has 5 nitrogen and oxygen atoms in total. The van der Waals surface area contributed by atoms with Gasteiger partial charge in [0.05, 0.1) is 24.1 Å². The molecule has 0 spiro atoms. The first kappa shape index (κ1) is 15.9. The quantitative estimate of drug-likeness (QED) is 0.859. The molecule has 0 aromatic carbocycles. The lowest BCUT2D eigenvalue weighted by Crippen LogP contribution is -2.45. The van der Waals surface area contributed by atoms with Gasteiger partial charge in [0.25, 0.3) is 0 Å². The van der Waals surface area contributed by atoms with E-state index in [4.69, 9.17) is 4.74 Å². The summed E-state index contributed by atoms with van der Waals surface area (Å²) < 4.78 is 28.2. The van der Waals surface area contributed by atoms with Gasteiger partial charge in [-0.25, -0.2) is 8.42 Å². The standard InChI is InChI=1S/C13H22N2O3S/c1-6-15-12(13(2,3)19(5,16)17)10-7-11(18-4)9-14-8-10/h7-9,12,15H,6H2,1-5H3. The van der Waals surface area contributed by atoms with Crippen LogP contribution in [0.1, 0.15) is 32.4 Å². The molecular formula is C13H22N2O3S. The molecular weight excluding hydrogens is 264 g/mol. The Balaban J connectivity index is 3.27. The van der Waals surface area contributed by atoms with Crippen molar-refractivity contribution in [2.24, 2.45) is 0 Å². The number of aromatic nitrogens is 1. The third-order valence-electron chi connectivity index (χ3n) is 3.36. The fraction of sp³-hybridized carbons (Fsp3) is 0.615. The molecule has 0 radical (unpaired) electrons. The molecule has 108 valence electrons. The number of hydrogen-bond acceptors (Lipinski definition) is 5. The first-order valence-corrected chi connectivity index (χ1v) is 8.05. The van der Waals surface area contributed by atoms with E-state index in [1.165, 1.54) is 6.26 Å². The molecule has 1 heterocycles. The molecule has 1 aromatic heterocycles. The van der Waals surface area contributed by atoms with Gasteiger partial charge in [0, 0.05) is 12.5 Å². The summed E-state index contributed by atoms with van der Waals surface area (Å²) >= 11 is 0. The van der Waals surface area contributed by atoms with Crippen LogP contribution in [0.3, 0.4) is 0 Å². The van der Waals surface area contributed by atoms with Gasteiger partial charge in [0.2, 0.25) is 0 Å². The van der Waals surface area contributed by atoms with E-state index in [2.05, 4.69) is 10.3 Å². The molecule has 6 heteroatoms. The second kappa shape index (κ2) is 5.88. The molecule has 0 aliphatic rings. The van der Waals surface area contributed by atoms with Crippen LogP contribution in [0.4, 0.5) is 0 Å². The Morgan fingerprint density at radius 2 is 2.05 bits per heavy atom. The fourth-order valence-corrected chi connectivity index (χ4v) is 2.54. The molecule has 0 fully saturated rings. The van der Waals surface area contributed by atoms with Crippen molar-refractivity contribution in [1.29, 1.82) is 0 Å². The zero-order chi connectivity index (χ0) is 14.7. The molecule has 0 amide bonds. The van der Waals surface area contributed by atoms with Gasteiger partial charge in [-0.3, -0.25) is 4.98 Å². The molecule has 19 heavy (non-hydrogen) atoms. The van der Waals surface area contributed by atoms with Crippen molar-refractivity contribution in [3.63, 3.8) is 0 Å². The Labute approximate surface area is 115 Å². The molecule has 0 aliphatic carbocycles. The lowest BCUT2D eigenvalue weighted by Gasteiger charge is -2.33. The molecule has 1 aromatic rings. The van der Waals surface area contributed by atoms with Crippen LogP contribution in [0.15, 0.2) is 18.5 Å². The summed E-state index contributed by atoms with van der Waals surface area (Å²) in [6.45, 7) is 6.05. The monoisotopic (exact) mass is 286 g/mol. The summed E-state index contributed by atoms with van der Waals surface area (Å²) in [6, 6.07) is 1.47. The van der Waals surface area contributed by atoms with E-state index >= 15 is 0 Å². The van der Waals surface area contributed by atoms with E-state index in [0.717, 1.165) is 5.56 Å². The summed E-state index contributed by atoms with van der Waals surface area (Å²) in [5.41, 5.74) is 0.802. The largest absolute Gasteiger partial charge is 0.495 e. The summed E-state index contributed by atoms with van der Waals surface area (Å²) in [4.78, 5) is 4.09. The van der Waals surface area contributed by atoms with Crippen molar-refractivity contribution >= 4 is 9.84 Å². The molecule has 0 bridgehead atoms. The molecule has 1 unspecified atom stereocenters. The Hall–Kier alpha value is -1.14. The van der Waals surface area contributed by atoms with Crippen LogP contribution in [0.5, 0.6) is 5.75 Å². The second-order valence-corrected chi connectivity index (χ2v) is 7.62. The summed E-state index contributed by atoms with van der Waals surface area (Å²) in [5.74, 6) is 0.615. The third kappa shape index (κ3) is 3.45. The predicted molar refractivity (Wildman–Crippen MR) is 76.1 cm³/mol.